The summed E-state index contributed by atoms with van der Waals surface area (Å²) < 4.78 is 0. The molecule has 2 rings (SSSR count). The van der Waals surface area contributed by atoms with Crippen molar-refractivity contribution in [2.75, 3.05) is 38.0 Å². The predicted octanol–water partition coefficient (Wildman–Crippen LogP) is 2.22. The van der Waals surface area contributed by atoms with Gasteiger partial charge >= 0.3 is 0 Å². The number of rotatable bonds is 4. The number of nitrogens with one attached hydrogen (secondary N) is 1. The van der Waals surface area contributed by atoms with Crippen LogP contribution in [-0.4, -0.2) is 54.3 Å². The molecule has 23 heavy (non-hydrogen) atoms. The molecule has 1 aromatic rings. The summed E-state index contributed by atoms with van der Waals surface area (Å²) in [5, 5.41) is 3.08. The SMILES string of the molecule is CC(=O)N1CCN(CC(=O)Nc2c(C)cccc2C(C)C)CC1. The van der Waals surface area contributed by atoms with Crippen molar-refractivity contribution in [3.63, 3.8) is 0 Å². The Balaban J connectivity index is 1.95. The van der Waals surface area contributed by atoms with E-state index in [2.05, 4.69) is 30.1 Å². The quantitative estimate of drug-likeness (QED) is 0.926. The smallest absolute Gasteiger partial charge is 0.238 e. The summed E-state index contributed by atoms with van der Waals surface area (Å²) >= 11 is 0. The van der Waals surface area contributed by atoms with E-state index < -0.39 is 0 Å². The van der Waals surface area contributed by atoms with E-state index in [1.165, 1.54) is 5.56 Å². The highest BCUT2D eigenvalue weighted by molar-refractivity contribution is 5.94. The van der Waals surface area contributed by atoms with Crippen LogP contribution in [-0.2, 0) is 9.59 Å². The zero-order valence-corrected chi connectivity index (χ0v) is 14.6. The van der Waals surface area contributed by atoms with Crippen LogP contribution in [0.25, 0.3) is 0 Å². The number of piperazine rings is 1. The highest BCUT2D eigenvalue weighted by Gasteiger charge is 2.21. The van der Waals surface area contributed by atoms with Crippen molar-refractivity contribution in [1.29, 1.82) is 0 Å². The summed E-state index contributed by atoms with van der Waals surface area (Å²) in [4.78, 5) is 27.7. The van der Waals surface area contributed by atoms with Gasteiger partial charge in [-0.3, -0.25) is 14.5 Å². The van der Waals surface area contributed by atoms with Crippen molar-refractivity contribution in [2.24, 2.45) is 0 Å². The van der Waals surface area contributed by atoms with Crippen LogP contribution in [0.1, 0.15) is 37.8 Å². The van der Waals surface area contributed by atoms with Crippen LogP contribution < -0.4 is 5.32 Å². The average molecular weight is 317 g/mol. The minimum Gasteiger partial charge on any atom is -0.340 e. The fourth-order valence-corrected chi connectivity index (χ4v) is 2.95. The molecule has 0 bridgehead atoms. The zero-order chi connectivity index (χ0) is 17.0. The van der Waals surface area contributed by atoms with Crippen molar-refractivity contribution in [3.05, 3.63) is 29.3 Å². The predicted molar refractivity (Wildman–Crippen MR) is 92.6 cm³/mol. The first-order valence-corrected chi connectivity index (χ1v) is 8.25. The molecule has 0 saturated carbocycles. The monoisotopic (exact) mass is 317 g/mol. The molecule has 126 valence electrons. The Morgan fingerprint density at radius 3 is 2.39 bits per heavy atom. The number of benzene rings is 1. The fraction of sp³-hybridized carbons (Fsp3) is 0.556. The fourth-order valence-electron chi connectivity index (χ4n) is 2.95. The maximum atomic E-state index is 12.4. The molecule has 1 aliphatic rings. The minimum atomic E-state index is 0.0116. The third-order valence-corrected chi connectivity index (χ3v) is 4.38. The maximum absolute atomic E-state index is 12.4. The number of carbonyl (C=O) groups excluding carboxylic acids is 2. The molecule has 0 unspecified atom stereocenters. The Hall–Kier alpha value is -1.88. The first-order valence-electron chi connectivity index (χ1n) is 8.25. The molecule has 0 radical (unpaired) electrons. The van der Waals surface area contributed by atoms with Gasteiger partial charge in [-0.15, -0.1) is 0 Å². The van der Waals surface area contributed by atoms with Gasteiger partial charge in [0.25, 0.3) is 0 Å². The second kappa shape index (κ2) is 7.59. The van der Waals surface area contributed by atoms with Crippen molar-refractivity contribution in [1.82, 2.24) is 9.80 Å². The topological polar surface area (TPSA) is 52.7 Å². The molecule has 0 atom stereocenters. The van der Waals surface area contributed by atoms with E-state index in [1.807, 2.05) is 24.0 Å². The minimum absolute atomic E-state index is 0.0116. The molecule has 0 aliphatic carbocycles. The normalized spacial score (nSPS) is 15.8. The number of hydrogen-bond donors (Lipinski definition) is 1. The number of anilines is 1. The van der Waals surface area contributed by atoms with Crippen molar-refractivity contribution >= 4 is 17.5 Å². The van der Waals surface area contributed by atoms with Crippen molar-refractivity contribution < 1.29 is 9.59 Å². The lowest BCUT2D eigenvalue weighted by Crippen LogP contribution is -2.49. The van der Waals surface area contributed by atoms with Gasteiger partial charge in [-0.25, -0.2) is 0 Å². The van der Waals surface area contributed by atoms with Crippen LogP contribution in [0.4, 0.5) is 5.69 Å². The van der Waals surface area contributed by atoms with Crippen LogP contribution >= 0.6 is 0 Å². The first kappa shape index (κ1) is 17.5. The largest absolute Gasteiger partial charge is 0.340 e. The number of nitrogens with zero attached hydrogens (tertiary/aromatic N) is 2. The van der Waals surface area contributed by atoms with Crippen LogP contribution in [0.15, 0.2) is 18.2 Å². The third-order valence-electron chi connectivity index (χ3n) is 4.38. The Labute approximate surface area is 138 Å². The lowest BCUT2D eigenvalue weighted by molar-refractivity contribution is -0.130. The zero-order valence-electron chi connectivity index (χ0n) is 14.6. The first-order chi connectivity index (χ1) is 10.9. The number of amides is 2. The van der Waals surface area contributed by atoms with Crippen molar-refractivity contribution in [3.8, 4) is 0 Å². The Morgan fingerprint density at radius 1 is 1.17 bits per heavy atom. The van der Waals surface area contributed by atoms with Gasteiger partial charge in [0.15, 0.2) is 0 Å². The van der Waals surface area contributed by atoms with E-state index in [-0.39, 0.29) is 11.8 Å². The molecule has 0 aromatic heterocycles. The highest BCUT2D eigenvalue weighted by Crippen LogP contribution is 2.27. The number of hydrogen-bond acceptors (Lipinski definition) is 3. The van der Waals surface area contributed by atoms with Crippen molar-refractivity contribution in [2.45, 2.75) is 33.6 Å². The lowest BCUT2D eigenvalue weighted by Gasteiger charge is -2.33. The van der Waals surface area contributed by atoms with Gasteiger partial charge in [-0.2, -0.15) is 0 Å². The summed E-state index contributed by atoms with van der Waals surface area (Å²) in [7, 11) is 0. The lowest BCUT2D eigenvalue weighted by atomic mass is 9.98. The van der Waals surface area contributed by atoms with E-state index >= 15 is 0 Å². The van der Waals surface area contributed by atoms with E-state index in [0.717, 1.165) is 24.3 Å². The van der Waals surface area contributed by atoms with Gasteiger partial charge in [-0.05, 0) is 24.0 Å². The van der Waals surface area contributed by atoms with Gasteiger partial charge in [-0.1, -0.05) is 32.0 Å². The maximum Gasteiger partial charge on any atom is 0.238 e. The van der Waals surface area contributed by atoms with Crippen LogP contribution in [0.3, 0.4) is 0 Å². The van der Waals surface area contributed by atoms with Gasteiger partial charge in [0.1, 0.15) is 0 Å². The molecular weight excluding hydrogens is 290 g/mol. The number of para-hydroxylation sites is 1. The Kier molecular flexibility index (Phi) is 5.77. The van der Waals surface area contributed by atoms with Gasteiger partial charge in [0.2, 0.25) is 11.8 Å². The van der Waals surface area contributed by atoms with E-state index in [4.69, 9.17) is 0 Å². The second-order valence-electron chi connectivity index (χ2n) is 6.52. The molecule has 1 heterocycles. The summed E-state index contributed by atoms with van der Waals surface area (Å²) in [5.41, 5.74) is 3.19. The molecule has 1 N–H and O–H groups in total. The average Bonchev–Trinajstić information content (AvgIpc) is 2.49. The van der Waals surface area contributed by atoms with Crippen LogP contribution in [0.2, 0.25) is 0 Å². The molecule has 5 heteroatoms. The third kappa shape index (κ3) is 4.55. The molecule has 5 nitrogen and oxygen atoms in total. The van der Waals surface area contributed by atoms with Crippen LogP contribution in [0, 0.1) is 6.92 Å². The molecule has 1 saturated heterocycles. The molecule has 1 fully saturated rings. The number of carbonyl (C=O) groups is 2. The van der Waals surface area contributed by atoms with Gasteiger partial charge < -0.3 is 10.2 Å². The number of aryl methyl sites for hydroxylation is 1. The molecule has 2 amide bonds. The molecular formula is C18H27N3O2. The molecule has 1 aromatic carbocycles. The summed E-state index contributed by atoms with van der Waals surface area (Å²) in [6.45, 7) is 11.1. The summed E-state index contributed by atoms with van der Waals surface area (Å²) in [6, 6.07) is 6.12. The second-order valence-corrected chi connectivity index (χ2v) is 6.52. The van der Waals surface area contributed by atoms with Gasteiger partial charge in [0.05, 0.1) is 6.54 Å². The van der Waals surface area contributed by atoms with E-state index in [1.54, 1.807) is 6.92 Å². The van der Waals surface area contributed by atoms with E-state index in [9.17, 15) is 9.59 Å². The van der Waals surface area contributed by atoms with Gasteiger partial charge in [0, 0.05) is 38.8 Å². The standard InChI is InChI=1S/C18H27N3O2/c1-13(2)16-7-5-6-14(3)18(16)19-17(23)12-20-8-10-21(11-9-20)15(4)22/h5-7,13H,8-12H2,1-4H3,(H,19,23). The van der Waals surface area contributed by atoms with E-state index in [0.29, 0.717) is 25.6 Å². The summed E-state index contributed by atoms with van der Waals surface area (Å²) in [6.07, 6.45) is 0. The summed E-state index contributed by atoms with van der Waals surface area (Å²) in [5.74, 6) is 0.484. The highest BCUT2D eigenvalue weighted by atomic mass is 16.2. The Morgan fingerprint density at radius 2 is 1.83 bits per heavy atom. The molecule has 0 spiro atoms. The van der Waals surface area contributed by atoms with Crippen LogP contribution in [0.5, 0.6) is 0 Å². The molecule has 1 aliphatic heterocycles. The Bertz CT molecular complexity index is 576.